The fourth-order valence-electron chi connectivity index (χ4n) is 0.593. The number of nitrogens with one attached hydrogen (secondary N) is 1. The molecule has 10 heavy (non-hydrogen) atoms. The first kappa shape index (κ1) is 6.80. The van der Waals surface area contributed by atoms with Crippen LogP contribution in [0.4, 0.5) is 10.2 Å². The third-order valence-electron chi connectivity index (χ3n) is 1.12. The van der Waals surface area contributed by atoms with Gasteiger partial charge in [0.2, 0.25) is 0 Å². The molecule has 4 heteroatoms. The topological polar surface area (TPSA) is 49.1 Å². The van der Waals surface area contributed by atoms with Crippen molar-refractivity contribution in [1.29, 1.82) is 5.53 Å². The van der Waals surface area contributed by atoms with Gasteiger partial charge in [0.1, 0.15) is 5.82 Å². The number of aryl methyl sites for hydroxylation is 1. The lowest BCUT2D eigenvalue weighted by atomic mass is 10.3. The Kier molecular flexibility index (Phi) is 1.71. The molecular weight excluding hydrogens is 133 g/mol. The van der Waals surface area contributed by atoms with Gasteiger partial charge in [-0.3, -0.25) is 0 Å². The summed E-state index contributed by atoms with van der Waals surface area (Å²) in [7, 11) is 0. The Bertz CT molecular complexity index is 259. The maximum Gasteiger partial charge on any atom is 0.174 e. The van der Waals surface area contributed by atoms with Crippen LogP contribution in [0.1, 0.15) is 5.69 Å². The molecule has 0 unspecified atom stereocenters. The predicted molar refractivity (Wildman–Crippen MR) is 33.7 cm³/mol. The second-order valence-corrected chi connectivity index (χ2v) is 1.85. The summed E-state index contributed by atoms with van der Waals surface area (Å²) in [4.78, 5) is 3.66. The Morgan fingerprint density at radius 1 is 1.60 bits per heavy atom. The lowest BCUT2D eigenvalue weighted by Crippen LogP contribution is -1.85. The Morgan fingerprint density at radius 2 is 2.30 bits per heavy atom. The van der Waals surface area contributed by atoms with Crippen LogP contribution in [0, 0.1) is 18.3 Å². The molecule has 0 aromatic carbocycles. The molecule has 0 saturated carbocycles. The molecule has 0 aliphatic carbocycles. The zero-order valence-electron chi connectivity index (χ0n) is 5.43. The van der Waals surface area contributed by atoms with Crippen molar-refractivity contribution in [3.63, 3.8) is 0 Å². The van der Waals surface area contributed by atoms with Crippen LogP contribution in [-0.4, -0.2) is 4.98 Å². The highest BCUT2D eigenvalue weighted by molar-refractivity contribution is 5.27. The molecule has 0 atom stereocenters. The average molecular weight is 139 g/mol. The molecule has 3 nitrogen and oxygen atoms in total. The van der Waals surface area contributed by atoms with E-state index in [2.05, 4.69) is 10.1 Å². The van der Waals surface area contributed by atoms with Crippen molar-refractivity contribution in [1.82, 2.24) is 4.98 Å². The van der Waals surface area contributed by atoms with Gasteiger partial charge < -0.3 is 0 Å². The Balaban J connectivity index is 3.16. The van der Waals surface area contributed by atoms with Crippen LogP contribution in [0.25, 0.3) is 0 Å². The molecule has 0 fully saturated rings. The van der Waals surface area contributed by atoms with Crippen LogP contribution < -0.4 is 0 Å². The number of pyridine rings is 1. The SMILES string of the molecule is Cc1nc(N=N)ccc1F. The van der Waals surface area contributed by atoms with E-state index in [0.717, 1.165) is 0 Å². The molecule has 0 bridgehead atoms. The number of nitrogens with zero attached hydrogens (tertiary/aromatic N) is 2. The van der Waals surface area contributed by atoms with Gasteiger partial charge in [-0.05, 0) is 19.1 Å². The normalized spacial score (nSPS) is 9.40. The smallest absolute Gasteiger partial charge is 0.174 e. The van der Waals surface area contributed by atoms with E-state index in [4.69, 9.17) is 5.53 Å². The van der Waals surface area contributed by atoms with Crippen molar-refractivity contribution in [2.45, 2.75) is 6.92 Å². The number of hydrogen-bond donors (Lipinski definition) is 1. The summed E-state index contributed by atoms with van der Waals surface area (Å²) < 4.78 is 12.5. The standard InChI is InChI=1S/C6H6FN3/c1-4-5(7)2-3-6(9-4)10-8/h2-3,8H,1H3. The van der Waals surface area contributed by atoms with E-state index in [1.807, 2.05) is 0 Å². The van der Waals surface area contributed by atoms with Crippen LogP contribution in [0.5, 0.6) is 0 Å². The summed E-state index contributed by atoms with van der Waals surface area (Å²) in [6, 6.07) is 2.60. The molecule has 0 aliphatic rings. The van der Waals surface area contributed by atoms with E-state index in [1.54, 1.807) is 0 Å². The molecule has 1 rings (SSSR count). The summed E-state index contributed by atoms with van der Waals surface area (Å²) in [5.74, 6) is -0.133. The van der Waals surface area contributed by atoms with Gasteiger partial charge in [0, 0.05) is 0 Å². The van der Waals surface area contributed by atoms with Crippen molar-refractivity contribution < 1.29 is 4.39 Å². The number of rotatable bonds is 1. The minimum atomic E-state index is -0.368. The van der Waals surface area contributed by atoms with Crippen LogP contribution >= 0.6 is 0 Å². The first-order valence-electron chi connectivity index (χ1n) is 2.74. The van der Waals surface area contributed by atoms with E-state index < -0.39 is 0 Å². The average Bonchev–Trinajstić information content (AvgIpc) is 1.95. The summed E-state index contributed by atoms with van der Waals surface area (Å²) in [5.41, 5.74) is 6.82. The summed E-state index contributed by atoms with van der Waals surface area (Å²) in [5, 5.41) is 3.04. The van der Waals surface area contributed by atoms with Gasteiger partial charge in [0.15, 0.2) is 5.82 Å². The number of aromatic nitrogens is 1. The molecule has 0 amide bonds. The molecular formula is C6H6FN3. The first-order chi connectivity index (χ1) is 4.74. The third kappa shape index (κ3) is 1.15. The Labute approximate surface area is 57.4 Å². The maximum absolute atomic E-state index is 12.5. The fourth-order valence-corrected chi connectivity index (χ4v) is 0.593. The van der Waals surface area contributed by atoms with E-state index in [0.29, 0.717) is 0 Å². The zero-order chi connectivity index (χ0) is 7.56. The van der Waals surface area contributed by atoms with Crippen LogP contribution in [0.15, 0.2) is 17.2 Å². The zero-order valence-corrected chi connectivity index (χ0v) is 5.43. The van der Waals surface area contributed by atoms with Gasteiger partial charge in [-0.2, -0.15) is 0 Å². The molecule has 1 aromatic rings. The predicted octanol–water partition coefficient (Wildman–Crippen LogP) is 2.19. The van der Waals surface area contributed by atoms with Crippen molar-refractivity contribution in [3.8, 4) is 0 Å². The van der Waals surface area contributed by atoms with Crippen LogP contribution in [-0.2, 0) is 0 Å². The van der Waals surface area contributed by atoms with Gasteiger partial charge in [-0.1, -0.05) is 0 Å². The van der Waals surface area contributed by atoms with Crippen molar-refractivity contribution in [2.75, 3.05) is 0 Å². The van der Waals surface area contributed by atoms with E-state index >= 15 is 0 Å². The lowest BCUT2D eigenvalue weighted by Gasteiger charge is -1.93. The van der Waals surface area contributed by atoms with Gasteiger partial charge in [0.05, 0.1) is 5.69 Å². The third-order valence-corrected chi connectivity index (χ3v) is 1.12. The highest BCUT2D eigenvalue weighted by atomic mass is 19.1. The Morgan fingerprint density at radius 3 is 2.80 bits per heavy atom. The molecule has 1 aromatic heterocycles. The summed E-state index contributed by atoms with van der Waals surface area (Å²) >= 11 is 0. The minimum Gasteiger partial charge on any atom is -0.229 e. The van der Waals surface area contributed by atoms with Gasteiger partial charge in [-0.15, -0.1) is 5.11 Å². The number of hydrogen-bond acceptors (Lipinski definition) is 3. The second kappa shape index (κ2) is 2.51. The summed E-state index contributed by atoms with van der Waals surface area (Å²) in [6.45, 7) is 1.53. The quantitative estimate of drug-likeness (QED) is 0.595. The monoisotopic (exact) mass is 139 g/mol. The maximum atomic E-state index is 12.5. The fraction of sp³-hybridized carbons (Fsp3) is 0.167. The Hall–Kier alpha value is -1.32. The largest absolute Gasteiger partial charge is 0.229 e. The van der Waals surface area contributed by atoms with Crippen molar-refractivity contribution >= 4 is 5.82 Å². The van der Waals surface area contributed by atoms with Gasteiger partial charge in [0.25, 0.3) is 0 Å². The number of halogens is 1. The highest BCUT2D eigenvalue weighted by Gasteiger charge is 1.97. The molecule has 1 heterocycles. The van der Waals surface area contributed by atoms with E-state index in [-0.39, 0.29) is 17.3 Å². The van der Waals surface area contributed by atoms with Crippen molar-refractivity contribution in [3.05, 3.63) is 23.6 Å². The van der Waals surface area contributed by atoms with E-state index in [9.17, 15) is 4.39 Å². The molecule has 0 radical (unpaired) electrons. The lowest BCUT2D eigenvalue weighted by molar-refractivity contribution is 0.610. The van der Waals surface area contributed by atoms with E-state index in [1.165, 1.54) is 19.1 Å². The van der Waals surface area contributed by atoms with Gasteiger partial charge in [-0.25, -0.2) is 14.9 Å². The van der Waals surface area contributed by atoms with Crippen LogP contribution in [0.2, 0.25) is 0 Å². The molecule has 52 valence electrons. The molecule has 0 aliphatic heterocycles. The van der Waals surface area contributed by atoms with Crippen LogP contribution in [0.3, 0.4) is 0 Å². The molecule has 0 spiro atoms. The molecule has 1 N–H and O–H groups in total. The van der Waals surface area contributed by atoms with Crippen molar-refractivity contribution in [2.24, 2.45) is 5.11 Å². The van der Waals surface area contributed by atoms with Gasteiger partial charge >= 0.3 is 0 Å². The molecule has 0 saturated heterocycles. The highest BCUT2D eigenvalue weighted by Crippen LogP contribution is 2.10. The summed E-state index contributed by atoms with van der Waals surface area (Å²) in [6.07, 6.45) is 0. The second-order valence-electron chi connectivity index (χ2n) is 1.85. The minimum absolute atomic E-state index is 0.235. The first-order valence-corrected chi connectivity index (χ1v) is 2.74.